The molecule has 6 aromatic rings. The molecule has 292 valence electrons. The summed E-state index contributed by atoms with van der Waals surface area (Å²) in [4.78, 5) is 21.9. The molecule has 0 aliphatic carbocycles. The molecule has 0 spiro atoms. The van der Waals surface area contributed by atoms with Crippen molar-refractivity contribution < 1.29 is 54.6 Å². The minimum absolute atomic E-state index is 0.0392. The monoisotopic (exact) mass is 784 g/mol. The molecule has 0 fully saturated rings. The fourth-order valence-electron chi connectivity index (χ4n) is 4.67. The van der Waals surface area contributed by atoms with Gasteiger partial charge in [0.2, 0.25) is 0 Å². The molecule has 0 atom stereocenters. The van der Waals surface area contributed by atoms with Crippen LogP contribution in [-0.4, -0.2) is 57.1 Å². The average Bonchev–Trinajstić information content (AvgIpc) is 3.84. The molecule has 0 aliphatic rings. The lowest BCUT2D eigenvalue weighted by atomic mass is 10.1. The Kier molecular flexibility index (Phi) is 12.7. The molecule has 5 N–H and O–H groups in total. The Bertz CT molecular complexity index is 2220. The van der Waals surface area contributed by atoms with Crippen molar-refractivity contribution in [3.63, 3.8) is 0 Å². The molecule has 0 saturated carbocycles. The number of carboxylic acid groups (broad SMARTS) is 1. The van der Waals surface area contributed by atoms with Crippen LogP contribution in [0.5, 0.6) is 0 Å². The Balaban J connectivity index is 0.000000215. The van der Waals surface area contributed by atoms with Crippen molar-refractivity contribution in [1.29, 1.82) is 0 Å². The van der Waals surface area contributed by atoms with Crippen molar-refractivity contribution in [2.45, 2.75) is 19.3 Å². The Morgan fingerprint density at radius 1 is 0.625 bits per heavy atom. The zero-order valence-electron chi connectivity index (χ0n) is 28.9. The van der Waals surface area contributed by atoms with Crippen molar-refractivity contribution in [1.82, 2.24) is 20.4 Å². The fraction of sp³-hybridized carbons (Fsp3) is 0.167. The van der Waals surface area contributed by atoms with E-state index < -0.39 is 35.4 Å². The highest BCUT2D eigenvalue weighted by atomic mass is 19.4. The maximum atomic E-state index is 12.7. The first kappa shape index (κ1) is 40.1. The molecule has 6 rings (SSSR count). The summed E-state index contributed by atoms with van der Waals surface area (Å²) in [6, 6.07) is 23.0. The van der Waals surface area contributed by atoms with Crippen LogP contribution in [0.15, 0.2) is 106 Å². The number of carboxylic acids is 1. The zero-order chi connectivity index (χ0) is 40.3. The number of hydrogen-bond donors (Lipinski definition) is 5. The van der Waals surface area contributed by atoms with Crippen molar-refractivity contribution >= 4 is 46.7 Å². The highest BCUT2D eigenvalue weighted by molar-refractivity contribution is 5.78. The van der Waals surface area contributed by atoms with Crippen LogP contribution < -0.4 is 21.3 Å². The van der Waals surface area contributed by atoms with Crippen LogP contribution in [-0.2, 0) is 26.7 Å². The quantitative estimate of drug-likeness (QED) is 0.0554. The second-order valence-corrected chi connectivity index (χ2v) is 11.2. The predicted octanol–water partition coefficient (Wildman–Crippen LogP) is 8.47. The van der Waals surface area contributed by atoms with Crippen LogP contribution in [0.25, 0.3) is 22.9 Å². The molecule has 0 amide bonds. The molecular weight excluding hydrogens is 754 g/mol. The van der Waals surface area contributed by atoms with Crippen molar-refractivity contribution in [3.8, 4) is 22.9 Å². The largest absolute Gasteiger partial charge is 0.480 e. The van der Waals surface area contributed by atoms with Gasteiger partial charge < -0.3 is 39.9 Å². The van der Waals surface area contributed by atoms with Gasteiger partial charge in [-0.3, -0.25) is 9.59 Å². The number of nitrogens with one attached hydrogen (secondary N) is 4. The van der Waals surface area contributed by atoms with Gasteiger partial charge in [-0.1, -0.05) is 34.5 Å². The van der Waals surface area contributed by atoms with E-state index in [-0.39, 0.29) is 43.5 Å². The number of hydrogen-bond acceptors (Lipinski definition) is 13. The summed E-state index contributed by atoms with van der Waals surface area (Å²) >= 11 is 0. The van der Waals surface area contributed by atoms with Crippen LogP contribution in [0.4, 0.5) is 61.1 Å². The summed E-state index contributed by atoms with van der Waals surface area (Å²) in [7, 11) is 0. The standard InChI is InChI=1S/C19H17F3N4O3.C17H13F3N4O3/c1-2-28-16(27)11-23-18-26-25-17(29-18)14-5-3-4-6-15(14)24-13-9-7-12(8-10-13)19(20,21)22;18-17(19,20)10-5-7-11(8-6-10)22-13-4-2-1-3-12(13)15-23-24-16(27-15)21-9-14(25)26/h3-10,24H,2,11H2,1H3,(H,23,26);1-8,22H,9H2,(H,21,24)(H,25,26). The second kappa shape index (κ2) is 17.8. The summed E-state index contributed by atoms with van der Waals surface area (Å²) in [6.07, 6.45) is -8.80. The smallest absolute Gasteiger partial charge is 0.416 e. The van der Waals surface area contributed by atoms with E-state index in [1.54, 1.807) is 55.5 Å². The maximum Gasteiger partial charge on any atom is 0.416 e. The number of aromatic nitrogens is 4. The van der Waals surface area contributed by atoms with E-state index in [1.807, 2.05) is 0 Å². The van der Waals surface area contributed by atoms with Gasteiger partial charge in [-0.2, -0.15) is 26.3 Å². The number of halogens is 6. The molecule has 0 bridgehead atoms. The Morgan fingerprint density at radius 2 is 1.04 bits per heavy atom. The number of carbonyl (C=O) groups excluding carboxylic acids is 1. The van der Waals surface area contributed by atoms with Gasteiger partial charge >= 0.3 is 36.3 Å². The lowest BCUT2D eigenvalue weighted by Gasteiger charge is -2.11. The second-order valence-electron chi connectivity index (χ2n) is 11.2. The Labute approximate surface area is 312 Å². The number of carbonyl (C=O) groups is 2. The first-order valence-corrected chi connectivity index (χ1v) is 16.3. The van der Waals surface area contributed by atoms with Crippen LogP contribution in [0, 0.1) is 0 Å². The first-order chi connectivity index (χ1) is 26.7. The molecular formula is C36H30F6N8O6. The molecule has 2 aromatic heterocycles. The fourth-order valence-corrected chi connectivity index (χ4v) is 4.67. The molecule has 0 aliphatic heterocycles. The molecule has 56 heavy (non-hydrogen) atoms. The van der Waals surface area contributed by atoms with Gasteiger partial charge in [0.05, 0.1) is 40.2 Å². The van der Waals surface area contributed by atoms with Crippen molar-refractivity contribution in [2.24, 2.45) is 0 Å². The van der Waals surface area contributed by atoms with Gasteiger partial charge in [0.1, 0.15) is 13.1 Å². The summed E-state index contributed by atoms with van der Waals surface area (Å²) < 4.78 is 91.8. The first-order valence-electron chi connectivity index (χ1n) is 16.3. The number of nitrogens with zero attached hydrogens (tertiary/aromatic N) is 4. The Hall–Kier alpha value is -7.12. The van der Waals surface area contributed by atoms with Crippen molar-refractivity contribution in [3.05, 3.63) is 108 Å². The maximum absolute atomic E-state index is 12.7. The van der Waals surface area contributed by atoms with Gasteiger partial charge in [-0.25, -0.2) is 0 Å². The number of para-hydroxylation sites is 2. The van der Waals surface area contributed by atoms with Gasteiger partial charge in [-0.05, 0) is 79.7 Å². The average molecular weight is 785 g/mol. The van der Waals surface area contributed by atoms with E-state index >= 15 is 0 Å². The molecule has 0 saturated heterocycles. The van der Waals surface area contributed by atoms with Crippen LogP contribution in [0.1, 0.15) is 18.1 Å². The van der Waals surface area contributed by atoms with E-state index in [2.05, 4.69) is 41.7 Å². The SMILES string of the molecule is CCOC(=O)CNc1nnc(-c2ccccc2Nc2ccc(C(F)(F)F)cc2)o1.O=C(O)CNc1nnc(-c2ccccc2Nc2ccc(C(F)(F)F)cc2)o1. The number of benzene rings is 4. The predicted molar refractivity (Wildman–Crippen MR) is 190 cm³/mol. The van der Waals surface area contributed by atoms with Crippen LogP contribution in [0.2, 0.25) is 0 Å². The number of anilines is 6. The minimum atomic E-state index is -4.40. The van der Waals surface area contributed by atoms with E-state index in [9.17, 15) is 35.9 Å². The van der Waals surface area contributed by atoms with E-state index in [4.69, 9.17) is 18.7 Å². The third kappa shape index (κ3) is 11.2. The molecule has 0 radical (unpaired) electrons. The third-order valence-corrected chi connectivity index (χ3v) is 7.23. The van der Waals surface area contributed by atoms with Crippen LogP contribution >= 0.6 is 0 Å². The highest BCUT2D eigenvalue weighted by Crippen LogP contribution is 2.35. The topological polar surface area (TPSA) is 190 Å². The Morgan fingerprint density at radius 3 is 1.43 bits per heavy atom. The third-order valence-electron chi connectivity index (χ3n) is 7.23. The van der Waals surface area contributed by atoms with E-state index in [0.29, 0.717) is 33.9 Å². The number of esters is 1. The summed E-state index contributed by atoms with van der Waals surface area (Å²) in [5.74, 6) is -1.25. The van der Waals surface area contributed by atoms with Crippen LogP contribution in [0.3, 0.4) is 0 Å². The number of ether oxygens (including phenoxy) is 1. The van der Waals surface area contributed by atoms with Gasteiger partial charge in [0, 0.05) is 11.4 Å². The zero-order valence-corrected chi connectivity index (χ0v) is 28.9. The van der Waals surface area contributed by atoms with Gasteiger partial charge in [-0.15, -0.1) is 10.2 Å². The van der Waals surface area contributed by atoms with Gasteiger partial charge in [0.25, 0.3) is 11.8 Å². The minimum Gasteiger partial charge on any atom is -0.480 e. The number of alkyl halides is 6. The van der Waals surface area contributed by atoms with Gasteiger partial charge in [0.15, 0.2) is 0 Å². The molecule has 2 heterocycles. The van der Waals surface area contributed by atoms with Crippen molar-refractivity contribution in [2.75, 3.05) is 41.0 Å². The lowest BCUT2D eigenvalue weighted by Crippen LogP contribution is -2.16. The molecule has 14 nitrogen and oxygen atoms in total. The highest BCUT2D eigenvalue weighted by Gasteiger charge is 2.31. The van der Waals surface area contributed by atoms with E-state index in [1.165, 1.54) is 24.3 Å². The normalized spacial score (nSPS) is 11.2. The number of aliphatic carboxylic acids is 1. The molecule has 20 heteroatoms. The molecule has 4 aromatic carbocycles. The van der Waals surface area contributed by atoms with E-state index in [0.717, 1.165) is 24.3 Å². The summed E-state index contributed by atoms with van der Waals surface area (Å²) in [6.45, 7) is 1.45. The summed E-state index contributed by atoms with van der Waals surface area (Å²) in [5.41, 5.74) is 1.58. The lowest BCUT2D eigenvalue weighted by molar-refractivity contribution is -0.141. The number of rotatable bonds is 13. The summed E-state index contributed by atoms with van der Waals surface area (Å²) in [5, 5.41) is 35.1. The molecule has 0 unspecified atom stereocenters.